The van der Waals surface area contributed by atoms with Crippen LogP contribution in [0, 0.1) is 13.8 Å². The van der Waals surface area contributed by atoms with Crippen LogP contribution < -0.4 is 9.57 Å². The monoisotopic (exact) mass is 518 g/mol. The molecule has 4 aromatic carbocycles. The normalized spacial score (nSPS) is 11.2. The van der Waals surface area contributed by atoms with Crippen LogP contribution in [-0.2, 0) is 0 Å². The summed E-state index contributed by atoms with van der Waals surface area (Å²) in [6.07, 6.45) is 0. The topological polar surface area (TPSA) is 111 Å². The predicted molar refractivity (Wildman–Crippen MR) is 146 cm³/mol. The van der Waals surface area contributed by atoms with Gasteiger partial charge in [0, 0.05) is 22.9 Å². The minimum Gasteiger partial charge on any atom is -0.492 e. The van der Waals surface area contributed by atoms with Crippen molar-refractivity contribution in [2.45, 2.75) is 13.8 Å². The van der Waals surface area contributed by atoms with E-state index < -0.39 is 23.7 Å². The number of benzene rings is 4. The van der Waals surface area contributed by atoms with Crippen LogP contribution in [0.1, 0.15) is 31.8 Å². The van der Waals surface area contributed by atoms with Crippen molar-refractivity contribution in [2.75, 3.05) is 0 Å². The smallest absolute Gasteiger partial charge is 0.363 e. The average molecular weight is 519 g/mol. The van der Waals surface area contributed by atoms with Crippen molar-refractivity contribution >= 4 is 44.5 Å². The fourth-order valence-electron chi connectivity index (χ4n) is 4.81. The lowest BCUT2D eigenvalue weighted by atomic mass is 9.98. The number of fused-ring (bicyclic) bond motifs is 3. The molecule has 6 rings (SSSR count). The van der Waals surface area contributed by atoms with Crippen LogP contribution in [-0.4, -0.2) is 31.9 Å². The van der Waals surface area contributed by atoms with Crippen molar-refractivity contribution in [1.29, 1.82) is 0 Å². The third kappa shape index (κ3) is 4.18. The summed E-state index contributed by atoms with van der Waals surface area (Å²) in [5.41, 5.74) is 3.14. The Morgan fingerprint density at radius 1 is 0.718 bits per heavy atom. The maximum Gasteiger partial charge on any atom is 0.363 e. The van der Waals surface area contributed by atoms with E-state index in [1.807, 2.05) is 60.7 Å². The van der Waals surface area contributed by atoms with Crippen molar-refractivity contribution in [3.8, 4) is 17.5 Å². The number of aromatic hydroxyl groups is 2. The lowest BCUT2D eigenvalue weighted by Gasteiger charge is -2.15. The van der Waals surface area contributed by atoms with E-state index >= 15 is 0 Å². The first-order chi connectivity index (χ1) is 18.8. The fourth-order valence-corrected chi connectivity index (χ4v) is 4.81. The van der Waals surface area contributed by atoms with Crippen molar-refractivity contribution in [3.63, 3.8) is 0 Å². The number of nitrogens with zero attached hydrogens (tertiary/aromatic N) is 2. The number of para-hydroxylation sites is 1. The number of pyridine rings is 1. The molecule has 0 atom stereocenters. The summed E-state index contributed by atoms with van der Waals surface area (Å²) in [6.45, 7) is 3.43. The summed E-state index contributed by atoms with van der Waals surface area (Å²) in [4.78, 5) is 36.4. The van der Waals surface area contributed by atoms with E-state index in [9.17, 15) is 19.8 Å². The number of hydrogen-bond acceptors (Lipinski definition) is 7. The summed E-state index contributed by atoms with van der Waals surface area (Å²) >= 11 is 0. The molecule has 0 unspecified atom stereocenters. The third-order valence-corrected chi connectivity index (χ3v) is 6.61. The van der Waals surface area contributed by atoms with Gasteiger partial charge in [-0.25, -0.2) is 14.6 Å². The Morgan fingerprint density at radius 3 is 2.08 bits per heavy atom. The van der Waals surface area contributed by atoms with Gasteiger partial charge in [0.05, 0.1) is 22.2 Å². The quantitative estimate of drug-likeness (QED) is 0.171. The zero-order valence-corrected chi connectivity index (χ0v) is 21.0. The molecule has 8 heteroatoms. The van der Waals surface area contributed by atoms with Crippen molar-refractivity contribution < 1.29 is 29.4 Å². The molecule has 0 saturated carbocycles. The van der Waals surface area contributed by atoms with Crippen molar-refractivity contribution in [1.82, 2.24) is 9.71 Å². The molecule has 2 aromatic heterocycles. The number of aromatic nitrogens is 2. The number of rotatable bonds is 4. The highest BCUT2D eigenvalue weighted by molar-refractivity contribution is 6.17. The van der Waals surface area contributed by atoms with Crippen LogP contribution in [0.2, 0.25) is 0 Å². The highest BCUT2D eigenvalue weighted by Gasteiger charge is 2.22. The van der Waals surface area contributed by atoms with E-state index in [1.165, 1.54) is 24.3 Å². The summed E-state index contributed by atoms with van der Waals surface area (Å²) in [5, 5.41) is 22.7. The van der Waals surface area contributed by atoms with E-state index in [0.29, 0.717) is 38.1 Å². The first-order valence-corrected chi connectivity index (χ1v) is 12.2. The molecule has 0 saturated heterocycles. The van der Waals surface area contributed by atoms with Crippen LogP contribution in [0.25, 0.3) is 32.6 Å². The maximum atomic E-state index is 13.8. The maximum absolute atomic E-state index is 13.8. The molecule has 0 bridgehead atoms. The molecule has 0 amide bonds. The van der Waals surface area contributed by atoms with Gasteiger partial charge in [-0.15, -0.1) is 4.73 Å². The molecular weight excluding hydrogens is 496 g/mol. The van der Waals surface area contributed by atoms with Gasteiger partial charge in [-0.1, -0.05) is 42.5 Å². The van der Waals surface area contributed by atoms with E-state index in [1.54, 1.807) is 13.8 Å². The van der Waals surface area contributed by atoms with E-state index in [4.69, 9.17) is 14.6 Å². The molecule has 0 radical (unpaired) electrons. The molecule has 8 nitrogen and oxygen atoms in total. The molecular formula is C31H22N2O6. The second kappa shape index (κ2) is 9.18. The summed E-state index contributed by atoms with van der Waals surface area (Å²) in [7, 11) is 0. The predicted octanol–water partition coefficient (Wildman–Crippen LogP) is 5.86. The number of hydrogen-bond donors (Lipinski definition) is 2. The van der Waals surface area contributed by atoms with Crippen LogP contribution in [0.3, 0.4) is 0 Å². The number of carbonyl (C=O) groups excluding carboxylic acids is 2. The molecule has 0 aliphatic rings. The number of aryl methyl sites for hydroxylation is 2. The number of carbonyl (C=O) groups is 2. The molecule has 0 aliphatic carbocycles. The Bertz CT molecular complexity index is 1910. The highest BCUT2D eigenvalue weighted by atomic mass is 16.7. The zero-order chi connectivity index (χ0) is 27.3. The summed E-state index contributed by atoms with van der Waals surface area (Å²) < 4.78 is 6.58. The van der Waals surface area contributed by atoms with Gasteiger partial charge in [0.15, 0.2) is 0 Å². The lowest BCUT2D eigenvalue weighted by Crippen LogP contribution is -2.19. The first-order valence-electron chi connectivity index (χ1n) is 12.2. The largest absolute Gasteiger partial charge is 0.492 e. The standard InChI is InChI=1S/C31H22N2O6/c1-17-13-21(30(36)39-33-26(34)11-12-27(33)35)14-18(2)29(17)38-31(37)28-22-9-5-3-7-19(22)16-25-23(28)15-20-8-4-6-10-24(20)32-25/h3-16,34-35H,1-2H3. The van der Waals surface area contributed by atoms with Crippen molar-refractivity contribution in [3.05, 3.63) is 107 Å². The van der Waals surface area contributed by atoms with Crippen LogP contribution in [0.15, 0.2) is 84.9 Å². The highest BCUT2D eigenvalue weighted by Crippen LogP contribution is 2.33. The van der Waals surface area contributed by atoms with E-state index in [-0.39, 0.29) is 5.56 Å². The van der Waals surface area contributed by atoms with Gasteiger partial charge >= 0.3 is 11.9 Å². The van der Waals surface area contributed by atoms with Crippen molar-refractivity contribution in [2.24, 2.45) is 0 Å². The van der Waals surface area contributed by atoms with Gasteiger partial charge in [0.25, 0.3) is 0 Å². The van der Waals surface area contributed by atoms with Gasteiger partial charge in [0.1, 0.15) is 5.75 Å². The summed E-state index contributed by atoms with van der Waals surface area (Å²) in [6, 6.07) is 24.7. The minimum absolute atomic E-state index is 0.156. The second-order valence-electron chi connectivity index (χ2n) is 9.27. The Kier molecular flexibility index (Phi) is 5.65. The van der Waals surface area contributed by atoms with Gasteiger partial charge in [-0.05, 0) is 66.1 Å². The van der Waals surface area contributed by atoms with E-state index in [2.05, 4.69) is 0 Å². The lowest BCUT2D eigenvalue weighted by molar-refractivity contribution is 0.0381. The minimum atomic E-state index is -0.807. The molecule has 192 valence electrons. The molecule has 2 heterocycles. The number of ether oxygens (including phenoxy) is 1. The van der Waals surface area contributed by atoms with Crippen LogP contribution in [0.4, 0.5) is 0 Å². The molecule has 39 heavy (non-hydrogen) atoms. The first kappa shape index (κ1) is 24.0. The average Bonchev–Trinajstić information content (AvgIpc) is 3.24. The van der Waals surface area contributed by atoms with Crippen LogP contribution >= 0.6 is 0 Å². The summed E-state index contributed by atoms with van der Waals surface area (Å²) in [5.74, 6) is -1.89. The van der Waals surface area contributed by atoms with Gasteiger partial charge in [0.2, 0.25) is 11.8 Å². The fraction of sp³-hybridized carbons (Fsp3) is 0.0645. The third-order valence-electron chi connectivity index (χ3n) is 6.61. The van der Waals surface area contributed by atoms with Crippen LogP contribution in [0.5, 0.6) is 17.5 Å². The van der Waals surface area contributed by atoms with Gasteiger partial charge in [-0.3, -0.25) is 0 Å². The Morgan fingerprint density at radius 2 is 1.36 bits per heavy atom. The van der Waals surface area contributed by atoms with Gasteiger partial charge < -0.3 is 19.8 Å². The molecule has 0 spiro atoms. The molecule has 2 N–H and O–H groups in total. The van der Waals surface area contributed by atoms with E-state index in [0.717, 1.165) is 21.7 Å². The number of esters is 1. The van der Waals surface area contributed by atoms with Gasteiger partial charge in [-0.2, -0.15) is 0 Å². The Labute approximate surface area is 222 Å². The Hall–Kier alpha value is -5.37. The molecule has 0 aliphatic heterocycles. The zero-order valence-electron chi connectivity index (χ0n) is 21.0. The SMILES string of the molecule is Cc1cc(C(=O)On2c(O)ccc2O)cc(C)c1OC(=O)c1c2ccccc2cc2nc3ccccc3cc12. The second-order valence-corrected chi connectivity index (χ2v) is 9.27. The molecule has 0 fully saturated rings. The molecule has 6 aromatic rings. The Balaban J connectivity index is 1.40.